The van der Waals surface area contributed by atoms with Crippen molar-refractivity contribution >= 4 is 23.2 Å². The summed E-state index contributed by atoms with van der Waals surface area (Å²) in [4.78, 5) is 18.9. The molecule has 3 aromatic rings. The Hall–Kier alpha value is -2.86. The van der Waals surface area contributed by atoms with Gasteiger partial charge in [-0.2, -0.15) is 4.98 Å². The van der Waals surface area contributed by atoms with E-state index < -0.39 is 0 Å². The zero-order valence-corrected chi connectivity index (χ0v) is 18.2. The standard InChI is InChI=1S/C23H24ClN3O3/c1-23(2,3)16-7-5-14(6-8-16)22-25-21(26-30-22)15-11-20(28)27(13-15)18-12-17(24)9-10-19(18)29-4/h5-10,12,15H,11,13H2,1-4H3. The number of methoxy groups -OCH3 is 1. The summed E-state index contributed by atoms with van der Waals surface area (Å²) in [6, 6.07) is 13.3. The number of carbonyl (C=O) groups is 1. The van der Waals surface area contributed by atoms with Gasteiger partial charge in [0, 0.05) is 29.5 Å². The molecule has 2 aromatic carbocycles. The zero-order chi connectivity index (χ0) is 21.5. The second-order valence-electron chi connectivity index (χ2n) is 8.51. The molecule has 0 saturated carbocycles. The van der Waals surface area contributed by atoms with Crippen molar-refractivity contribution in [3.63, 3.8) is 0 Å². The summed E-state index contributed by atoms with van der Waals surface area (Å²) in [6.45, 7) is 6.96. The van der Waals surface area contributed by atoms with E-state index >= 15 is 0 Å². The maximum absolute atomic E-state index is 12.7. The number of carbonyl (C=O) groups excluding carboxylic acids is 1. The minimum absolute atomic E-state index is 0.0264. The second-order valence-corrected chi connectivity index (χ2v) is 8.94. The monoisotopic (exact) mass is 425 g/mol. The quantitative estimate of drug-likeness (QED) is 0.573. The van der Waals surface area contributed by atoms with Gasteiger partial charge in [-0.1, -0.05) is 49.7 Å². The van der Waals surface area contributed by atoms with Crippen LogP contribution in [0.3, 0.4) is 0 Å². The Morgan fingerprint density at radius 3 is 2.57 bits per heavy atom. The van der Waals surface area contributed by atoms with Crippen molar-refractivity contribution in [2.75, 3.05) is 18.6 Å². The molecule has 2 heterocycles. The molecule has 0 N–H and O–H groups in total. The van der Waals surface area contributed by atoms with Crippen LogP contribution in [0.2, 0.25) is 5.02 Å². The smallest absolute Gasteiger partial charge is 0.257 e. The van der Waals surface area contributed by atoms with E-state index in [4.69, 9.17) is 20.9 Å². The van der Waals surface area contributed by atoms with E-state index in [1.165, 1.54) is 5.56 Å². The van der Waals surface area contributed by atoms with Gasteiger partial charge >= 0.3 is 0 Å². The van der Waals surface area contributed by atoms with Crippen molar-refractivity contribution in [2.45, 2.75) is 38.5 Å². The molecular formula is C23H24ClN3O3. The molecule has 1 unspecified atom stereocenters. The summed E-state index contributed by atoms with van der Waals surface area (Å²) >= 11 is 6.13. The van der Waals surface area contributed by atoms with Crippen LogP contribution in [0, 0.1) is 0 Å². The van der Waals surface area contributed by atoms with Crippen molar-refractivity contribution in [1.29, 1.82) is 0 Å². The zero-order valence-electron chi connectivity index (χ0n) is 17.5. The fourth-order valence-electron chi connectivity index (χ4n) is 3.62. The maximum atomic E-state index is 12.7. The van der Waals surface area contributed by atoms with Gasteiger partial charge in [-0.3, -0.25) is 4.79 Å². The molecule has 1 aromatic heterocycles. The predicted octanol–water partition coefficient (Wildman–Crippen LogP) is 5.22. The molecule has 1 aliphatic heterocycles. The molecule has 7 heteroatoms. The number of ether oxygens (including phenoxy) is 1. The molecule has 0 spiro atoms. The van der Waals surface area contributed by atoms with Crippen molar-refractivity contribution in [1.82, 2.24) is 10.1 Å². The van der Waals surface area contributed by atoms with E-state index in [0.717, 1.165) is 5.56 Å². The lowest BCUT2D eigenvalue weighted by molar-refractivity contribution is -0.117. The number of benzene rings is 2. The number of amides is 1. The van der Waals surface area contributed by atoms with E-state index in [1.54, 1.807) is 30.2 Å². The van der Waals surface area contributed by atoms with Crippen molar-refractivity contribution in [3.05, 3.63) is 58.9 Å². The lowest BCUT2D eigenvalue weighted by atomic mass is 9.87. The Kier molecular flexibility index (Phi) is 5.28. The van der Waals surface area contributed by atoms with Gasteiger partial charge in [0.15, 0.2) is 5.82 Å². The van der Waals surface area contributed by atoms with Crippen molar-refractivity contribution < 1.29 is 14.1 Å². The highest BCUT2D eigenvalue weighted by Crippen LogP contribution is 2.37. The Morgan fingerprint density at radius 1 is 1.17 bits per heavy atom. The second kappa shape index (κ2) is 7.76. The number of nitrogens with zero attached hydrogens (tertiary/aromatic N) is 3. The molecule has 1 fully saturated rings. The molecule has 1 amide bonds. The molecule has 156 valence electrons. The third-order valence-corrected chi connectivity index (χ3v) is 5.60. The fraction of sp³-hybridized carbons (Fsp3) is 0.348. The fourth-order valence-corrected chi connectivity index (χ4v) is 3.78. The summed E-state index contributed by atoms with van der Waals surface area (Å²) in [5.74, 6) is 1.40. The molecule has 1 saturated heterocycles. The molecular weight excluding hydrogens is 402 g/mol. The average Bonchev–Trinajstić information content (AvgIpc) is 3.34. The van der Waals surface area contributed by atoms with E-state index in [9.17, 15) is 4.79 Å². The van der Waals surface area contributed by atoms with Gasteiger partial charge in [-0.15, -0.1) is 0 Å². The highest BCUT2D eigenvalue weighted by molar-refractivity contribution is 6.31. The summed E-state index contributed by atoms with van der Waals surface area (Å²) in [6.07, 6.45) is 0.303. The van der Waals surface area contributed by atoms with E-state index in [1.807, 2.05) is 12.1 Å². The Bertz CT molecular complexity index is 1070. The van der Waals surface area contributed by atoms with E-state index in [-0.39, 0.29) is 17.2 Å². The molecule has 1 aliphatic rings. The maximum Gasteiger partial charge on any atom is 0.257 e. The normalized spacial score (nSPS) is 16.9. The van der Waals surface area contributed by atoms with Crippen LogP contribution in [0.15, 0.2) is 47.0 Å². The van der Waals surface area contributed by atoms with Crippen LogP contribution >= 0.6 is 11.6 Å². The van der Waals surface area contributed by atoms with Crippen LogP contribution in [-0.2, 0) is 10.2 Å². The van der Waals surface area contributed by atoms with Gasteiger partial charge in [0.1, 0.15) is 5.75 Å². The SMILES string of the molecule is COc1ccc(Cl)cc1N1CC(c2noc(-c3ccc(C(C)(C)C)cc3)n2)CC1=O. The van der Waals surface area contributed by atoms with E-state index in [2.05, 4.69) is 43.0 Å². The molecule has 0 aliphatic carbocycles. The van der Waals surface area contributed by atoms with Gasteiger partial charge < -0.3 is 14.2 Å². The summed E-state index contributed by atoms with van der Waals surface area (Å²) in [5.41, 5.74) is 2.82. The highest BCUT2D eigenvalue weighted by atomic mass is 35.5. The molecule has 0 radical (unpaired) electrons. The average molecular weight is 426 g/mol. The lowest BCUT2D eigenvalue weighted by Crippen LogP contribution is -2.24. The first-order valence-electron chi connectivity index (χ1n) is 9.84. The van der Waals surface area contributed by atoms with Crippen LogP contribution in [0.4, 0.5) is 5.69 Å². The molecule has 30 heavy (non-hydrogen) atoms. The van der Waals surface area contributed by atoms with Crippen LogP contribution in [0.1, 0.15) is 44.5 Å². The third-order valence-electron chi connectivity index (χ3n) is 5.36. The van der Waals surface area contributed by atoms with Crippen LogP contribution in [0.5, 0.6) is 5.75 Å². The molecule has 0 bridgehead atoms. The van der Waals surface area contributed by atoms with Gasteiger partial charge in [0.05, 0.1) is 12.8 Å². The first kappa shape index (κ1) is 20.4. The topological polar surface area (TPSA) is 68.5 Å². The van der Waals surface area contributed by atoms with Gasteiger partial charge in [-0.25, -0.2) is 0 Å². The number of halogens is 1. The van der Waals surface area contributed by atoms with Crippen LogP contribution in [0.25, 0.3) is 11.5 Å². The minimum Gasteiger partial charge on any atom is -0.495 e. The predicted molar refractivity (Wildman–Crippen MR) is 116 cm³/mol. The first-order valence-corrected chi connectivity index (χ1v) is 10.2. The first-order chi connectivity index (χ1) is 14.3. The summed E-state index contributed by atoms with van der Waals surface area (Å²) < 4.78 is 10.9. The number of aromatic nitrogens is 2. The number of hydrogen-bond donors (Lipinski definition) is 0. The largest absolute Gasteiger partial charge is 0.495 e. The Morgan fingerprint density at radius 2 is 1.90 bits per heavy atom. The van der Waals surface area contributed by atoms with Gasteiger partial charge in [-0.05, 0) is 41.3 Å². The number of anilines is 1. The summed E-state index contributed by atoms with van der Waals surface area (Å²) in [7, 11) is 1.57. The van der Waals surface area contributed by atoms with Crippen LogP contribution < -0.4 is 9.64 Å². The Balaban J connectivity index is 1.55. The van der Waals surface area contributed by atoms with Crippen LogP contribution in [-0.4, -0.2) is 29.7 Å². The highest BCUT2D eigenvalue weighted by Gasteiger charge is 2.36. The molecule has 6 nitrogen and oxygen atoms in total. The van der Waals surface area contributed by atoms with Gasteiger partial charge in [0.25, 0.3) is 5.89 Å². The van der Waals surface area contributed by atoms with Crippen molar-refractivity contribution in [3.8, 4) is 17.2 Å². The number of rotatable bonds is 4. The summed E-state index contributed by atoms with van der Waals surface area (Å²) in [5, 5.41) is 4.69. The Labute approximate surface area is 180 Å². The van der Waals surface area contributed by atoms with Crippen molar-refractivity contribution in [2.24, 2.45) is 0 Å². The molecule has 4 rings (SSSR count). The van der Waals surface area contributed by atoms with Gasteiger partial charge in [0.2, 0.25) is 5.91 Å². The minimum atomic E-state index is -0.160. The molecule has 1 atom stereocenters. The third kappa shape index (κ3) is 3.92. The van der Waals surface area contributed by atoms with E-state index in [0.29, 0.717) is 41.1 Å². The number of hydrogen-bond acceptors (Lipinski definition) is 5. The lowest BCUT2D eigenvalue weighted by Gasteiger charge is -2.19.